The van der Waals surface area contributed by atoms with Crippen molar-refractivity contribution in [1.82, 2.24) is 5.43 Å². The fraction of sp³-hybridized carbons (Fsp3) is 0.217. The van der Waals surface area contributed by atoms with E-state index in [1.165, 1.54) is 7.11 Å². The number of rotatable bonds is 7. The molecule has 0 unspecified atom stereocenters. The van der Waals surface area contributed by atoms with Gasteiger partial charge in [0.05, 0.1) is 32.1 Å². The van der Waals surface area contributed by atoms with Crippen molar-refractivity contribution in [3.63, 3.8) is 0 Å². The summed E-state index contributed by atoms with van der Waals surface area (Å²) in [5.74, 6) is 1.34. The van der Waals surface area contributed by atoms with E-state index in [1.54, 1.807) is 31.5 Å². The van der Waals surface area contributed by atoms with Crippen LogP contribution in [0.4, 0.5) is 0 Å². The fourth-order valence-electron chi connectivity index (χ4n) is 2.97. The highest BCUT2D eigenvalue weighted by Crippen LogP contribution is 2.28. The molecule has 1 amide bonds. The lowest BCUT2D eigenvalue weighted by molar-refractivity contribution is 0.0952. The second-order valence-corrected chi connectivity index (χ2v) is 6.63. The van der Waals surface area contributed by atoms with Gasteiger partial charge in [-0.15, -0.1) is 0 Å². The van der Waals surface area contributed by atoms with E-state index in [2.05, 4.69) is 10.5 Å². The zero-order valence-corrected chi connectivity index (χ0v) is 16.9. The van der Waals surface area contributed by atoms with Crippen LogP contribution < -0.4 is 19.6 Å². The normalized spacial score (nSPS) is 11.1. The first kappa shape index (κ1) is 20.2. The van der Waals surface area contributed by atoms with Crippen LogP contribution in [-0.2, 0) is 0 Å². The molecular weight excluding hydrogens is 368 g/mol. The van der Waals surface area contributed by atoms with Crippen LogP contribution in [0.15, 0.2) is 59.7 Å². The average molecular weight is 392 g/mol. The smallest absolute Gasteiger partial charge is 0.275 e. The largest absolute Gasteiger partial charge is 0.497 e. The first-order chi connectivity index (χ1) is 14.0. The molecule has 0 bridgehead atoms. The van der Waals surface area contributed by atoms with Crippen LogP contribution in [-0.4, -0.2) is 32.4 Å². The highest BCUT2D eigenvalue weighted by molar-refractivity contribution is 6.03. The Labute approximate surface area is 170 Å². The lowest BCUT2D eigenvalue weighted by Gasteiger charge is -2.14. The van der Waals surface area contributed by atoms with Crippen molar-refractivity contribution < 1.29 is 19.0 Å². The summed E-state index contributed by atoms with van der Waals surface area (Å²) in [6.45, 7) is 3.93. The first-order valence-electron chi connectivity index (χ1n) is 9.27. The quantitative estimate of drug-likeness (QED) is 0.478. The summed E-state index contributed by atoms with van der Waals surface area (Å²) in [6.07, 6.45) is 1.62. The van der Waals surface area contributed by atoms with E-state index < -0.39 is 0 Å². The standard InChI is InChI=1S/C23H24N2O4/c1-15(2)29-21-12-9-16-7-5-6-8-18(16)20(21)14-24-25-23(26)19-11-10-17(27-3)13-22(19)28-4/h5-15H,1-4H3,(H,25,26)/b24-14-. The number of benzene rings is 3. The molecule has 0 aliphatic heterocycles. The summed E-state index contributed by atoms with van der Waals surface area (Å²) in [5, 5.41) is 6.22. The zero-order valence-electron chi connectivity index (χ0n) is 16.9. The Morgan fingerprint density at radius 3 is 2.52 bits per heavy atom. The molecule has 29 heavy (non-hydrogen) atoms. The van der Waals surface area contributed by atoms with Gasteiger partial charge < -0.3 is 14.2 Å². The number of hydrogen-bond donors (Lipinski definition) is 1. The molecule has 0 spiro atoms. The van der Waals surface area contributed by atoms with Crippen molar-refractivity contribution in [1.29, 1.82) is 0 Å². The molecule has 0 saturated carbocycles. The van der Waals surface area contributed by atoms with Gasteiger partial charge in [0.15, 0.2) is 0 Å². The van der Waals surface area contributed by atoms with E-state index in [1.807, 2.05) is 50.2 Å². The maximum absolute atomic E-state index is 12.6. The van der Waals surface area contributed by atoms with E-state index >= 15 is 0 Å². The molecule has 0 radical (unpaired) electrons. The Balaban J connectivity index is 1.88. The molecule has 0 aromatic heterocycles. The van der Waals surface area contributed by atoms with Crippen LogP contribution >= 0.6 is 0 Å². The minimum Gasteiger partial charge on any atom is -0.497 e. The van der Waals surface area contributed by atoms with Crippen molar-refractivity contribution in [3.05, 3.63) is 65.7 Å². The number of amides is 1. The van der Waals surface area contributed by atoms with Gasteiger partial charge in [-0.2, -0.15) is 5.10 Å². The molecule has 6 nitrogen and oxygen atoms in total. The molecule has 6 heteroatoms. The molecule has 3 aromatic rings. The van der Waals surface area contributed by atoms with Crippen molar-refractivity contribution in [3.8, 4) is 17.2 Å². The molecule has 0 aliphatic rings. The number of methoxy groups -OCH3 is 2. The van der Waals surface area contributed by atoms with Crippen LogP contribution in [0.25, 0.3) is 10.8 Å². The summed E-state index contributed by atoms with van der Waals surface area (Å²) >= 11 is 0. The maximum atomic E-state index is 12.6. The van der Waals surface area contributed by atoms with E-state index in [-0.39, 0.29) is 12.0 Å². The predicted octanol–water partition coefficient (Wildman–Crippen LogP) is 4.41. The SMILES string of the molecule is COc1ccc(C(=O)N/N=C\c2c(OC(C)C)ccc3ccccc23)c(OC)c1. The Hall–Kier alpha value is -3.54. The third-order valence-corrected chi connectivity index (χ3v) is 4.31. The van der Waals surface area contributed by atoms with Gasteiger partial charge >= 0.3 is 0 Å². The van der Waals surface area contributed by atoms with Crippen LogP contribution in [0.2, 0.25) is 0 Å². The summed E-state index contributed by atoms with van der Waals surface area (Å²) < 4.78 is 16.4. The topological polar surface area (TPSA) is 69.2 Å². The highest BCUT2D eigenvalue weighted by Gasteiger charge is 2.13. The number of fused-ring (bicyclic) bond motifs is 1. The lowest BCUT2D eigenvalue weighted by Crippen LogP contribution is -2.18. The van der Waals surface area contributed by atoms with E-state index in [4.69, 9.17) is 14.2 Å². The minimum absolute atomic E-state index is 0.0152. The van der Waals surface area contributed by atoms with Crippen molar-refractivity contribution in [2.45, 2.75) is 20.0 Å². The fourth-order valence-corrected chi connectivity index (χ4v) is 2.97. The van der Waals surface area contributed by atoms with Gasteiger partial charge in [0.2, 0.25) is 0 Å². The maximum Gasteiger partial charge on any atom is 0.275 e. The molecule has 0 atom stereocenters. The number of carbonyl (C=O) groups excluding carboxylic acids is 1. The summed E-state index contributed by atoms with van der Waals surface area (Å²) in [4.78, 5) is 12.6. The Morgan fingerprint density at radius 1 is 1.00 bits per heavy atom. The zero-order chi connectivity index (χ0) is 20.8. The molecule has 1 N–H and O–H groups in total. The first-order valence-corrected chi connectivity index (χ1v) is 9.27. The Bertz CT molecular complexity index is 1040. The molecule has 0 heterocycles. The second-order valence-electron chi connectivity index (χ2n) is 6.63. The van der Waals surface area contributed by atoms with Gasteiger partial charge in [-0.3, -0.25) is 4.79 Å². The van der Waals surface area contributed by atoms with Crippen LogP contribution in [0, 0.1) is 0 Å². The summed E-state index contributed by atoms with van der Waals surface area (Å²) in [5.41, 5.74) is 3.73. The van der Waals surface area contributed by atoms with Crippen LogP contribution in [0.5, 0.6) is 17.2 Å². The number of nitrogens with one attached hydrogen (secondary N) is 1. The molecule has 3 rings (SSSR count). The molecule has 0 saturated heterocycles. The number of carbonyl (C=O) groups is 1. The number of nitrogens with zero attached hydrogens (tertiary/aromatic N) is 1. The van der Waals surface area contributed by atoms with Gasteiger partial charge in [0.1, 0.15) is 17.2 Å². The van der Waals surface area contributed by atoms with Crippen molar-refractivity contribution in [2.24, 2.45) is 5.10 Å². The van der Waals surface area contributed by atoms with Gasteiger partial charge in [0, 0.05) is 11.6 Å². The number of hydrogen-bond acceptors (Lipinski definition) is 5. The van der Waals surface area contributed by atoms with E-state index in [9.17, 15) is 4.79 Å². The summed E-state index contributed by atoms with van der Waals surface area (Å²) in [7, 11) is 3.06. The third-order valence-electron chi connectivity index (χ3n) is 4.31. The molecule has 0 aliphatic carbocycles. The van der Waals surface area contributed by atoms with Crippen LogP contribution in [0.1, 0.15) is 29.8 Å². The van der Waals surface area contributed by atoms with E-state index in [0.717, 1.165) is 16.3 Å². The predicted molar refractivity (Wildman–Crippen MR) is 114 cm³/mol. The minimum atomic E-state index is -0.382. The van der Waals surface area contributed by atoms with Gasteiger partial charge in [0.25, 0.3) is 5.91 Å². The molecule has 3 aromatic carbocycles. The lowest BCUT2D eigenvalue weighted by atomic mass is 10.0. The number of ether oxygens (including phenoxy) is 3. The van der Waals surface area contributed by atoms with Crippen molar-refractivity contribution in [2.75, 3.05) is 14.2 Å². The monoisotopic (exact) mass is 392 g/mol. The van der Waals surface area contributed by atoms with Gasteiger partial charge in [-0.05, 0) is 42.8 Å². The summed E-state index contributed by atoms with van der Waals surface area (Å²) in [6, 6.07) is 16.9. The average Bonchev–Trinajstić information content (AvgIpc) is 2.74. The van der Waals surface area contributed by atoms with E-state index in [0.29, 0.717) is 22.8 Å². The Morgan fingerprint density at radius 2 is 1.79 bits per heavy atom. The molecule has 0 fully saturated rings. The number of hydrazone groups is 1. The molecule has 150 valence electrons. The second kappa shape index (κ2) is 9.10. The third kappa shape index (κ3) is 4.66. The van der Waals surface area contributed by atoms with Gasteiger partial charge in [-0.25, -0.2) is 5.43 Å². The Kier molecular flexibility index (Phi) is 6.34. The highest BCUT2D eigenvalue weighted by atomic mass is 16.5. The van der Waals surface area contributed by atoms with Crippen LogP contribution in [0.3, 0.4) is 0 Å². The van der Waals surface area contributed by atoms with Crippen molar-refractivity contribution >= 4 is 22.9 Å². The molecular formula is C23H24N2O4. The van der Waals surface area contributed by atoms with Gasteiger partial charge in [-0.1, -0.05) is 30.3 Å².